The van der Waals surface area contributed by atoms with Crippen LogP contribution in [0.15, 0.2) is 40.9 Å². The van der Waals surface area contributed by atoms with E-state index in [0.29, 0.717) is 22.5 Å². The fourth-order valence-corrected chi connectivity index (χ4v) is 2.08. The van der Waals surface area contributed by atoms with Gasteiger partial charge in [-0.1, -0.05) is 18.2 Å². The van der Waals surface area contributed by atoms with E-state index in [0.717, 1.165) is 11.1 Å². The quantitative estimate of drug-likeness (QED) is 0.868. The molecule has 0 atom stereocenters. The third kappa shape index (κ3) is 2.82. The Bertz CT molecular complexity index is 551. The molecular weight excluding hydrogens is 297 g/mol. The summed E-state index contributed by atoms with van der Waals surface area (Å²) >= 11 is 3.15. The molecule has 4 heteroatoms. The number of anilines is 1. The van der Waals surface area contributed by atoms with Crippen molar-refractivity contribution in [3.8, 4) is 5.75 Å². The second-order valence-corrected chi connectivity index (χ2v) is 4.88. The van der Waals surface area contributed by atoms with Crippen LogP contribution < -0.4 is 10.5 Å². The van der Waals surface area contributed by atoms with Crippen molar-refractivity contribution < 1.29 is 9.13 Å². The smallest absolute Gasteiger partial charge is 0.145 e. The van der Waals surface area contributed by atoms with Crippen LogP contribution in [0.2, 0.25) is 0 Å². The van der Waals surface area contributed by atoms with E-state index in [2.05, 4.69) is 15.9 Å². The minimum atomic E-state index is -0.283. The van der Waals surface area contributed by atoms with Crippen molar-refractivity contribution in [2.24, 2.45) is 0 Å². The largest absolute Gasteiger partial charge is 0.486 e. The number of halogens is 2. The predicted molar refractivity (Wildman–Crippen MR) is 74.0 cm³/mol. The first-order valence-corrected chi connectivity index (χ1v) is 6.29. The molecule has 0 fully saturated rings. The molecule has 0 heterocycles. The lowest BCUT2D eigenvalue weighted by Crippen LogP contribution is -2.00. The van der Waals surface area contributed by atoms with Gasteiger partial charge in [-0.3, -0.25) is 0 Å². The fourth-order valence-electron chi connectivity index (χ4n) is 1.66. The van der Waals surface area contributed by atoms with Gasteiger partial charge in [0.15, 0.2) is 0 Å². The Morgan fingerprint density at radius 2 is 2.06 bits per heavy atom. The molecule has 0 aromatic heterocycles. The summed E-state index contributed by atoms with van der Waals surface area (Å²) in [5, 5.41) is 0. The molecule has 2 aromatic carbocycles. The van der Waals surface area contributed by atoms with E-state index in [9.17, 15) is 4.39 Å². The Morgan fingerprint density at radius 1 is 1.28 bits per heavy atom. The number of hydrogen-bond acceptors (Lipinski definition) is 2. The number of nitrogen functional groups attached to an aromatic ring is 1. The number of para-hydroxylation sites is 1. The lowest BCUT2D eigenvalue weighted by Gasteiger charge is -2.11. The van der Waals surface area contributed by atoms with Gasteiger partial charge in [-0.15, -0.1) is 0 Å². The number of hydrogen-bond donors (Lipinski definition) is 1. The molecule has 2 nitrogen and oxygen atoms in total. The zero-order valence-electron chi connectivity index (χ0n) is 9.91. The number of ether oxygens (including phenoxy) is 1. The summed E-state index contributed by atoms with van der Waals surface area (Å²) in [4.78, 5) is 0. The Labute approximate surface area is 114 Å². The van der Waals surface area contributed by atoms with Crippen LogP contribution in [0.1, 0.15) is 11.1 Å². The second kappa shape index (κ2) is 5.40. The summed E-state index contributed by atoms with van der Waals surface area (Å²) in [6.45, 7) is 2.29. The lowest BCUT2D eigenvalue weighted by atomic mass is 10.2. The van der Waals surface area contributed by atoms with Gasteiger partial charge in [-0.2, -0.15) is 0 Å². The molecule has 2 aromatic rings. The lowest BCUT2D eigenvalue weighted by molar-refractivity contribution is 0.305. The van der Waals surface area contributed by atoms with Crippen LogP contribution in [0, 0.1) is 12.7 Å². The summed E-state index contributed by atoms with van der Waals surface area (Å²) < 4.78 is 19.2. The van der Waals surface area contributed by atoms with Gasteiger partial charge >= 0.3 is 0 Å². The van der Waals surface area contributed by atoms with Crippen LogP contribution in [0.3, 0.4) is 0 Å². The molecule has 0 aliphatic carbocycles. The number of nitrogens with two attached hydrogens (primary N) is 1. The van der Waals surface area contributed by atoms with Crippen LogP contribution in [-0.4, -0.2) is 0 Å². The van der Waals surface area contributed by atoms with E-state index in [4.69, 9.17) is 10.5 Å². The highest BCUT2D eigenvalue weighted by Crippen LogP contribution is 2.26. The SMILES string of the molecule is Cc1cccc(N)c1OCc1ccc(F)c(Br)c1. The molecule has 0 saturated heterocycles. The number of benzene rings is 2. The summed E-state index contributed by atoms with van der Waals surface area (Å²) in [7, 11) is 0. The highest BCUT2D eigenvalue weighted by molar-refractivity contribution is 9.10. The topological polar surface area (TPSA) is 35.2 Å². The van der Waals surface area contributed by atoms with Gasteiger partial charge in [0.1, 0.15) is 18.2 Å². The van der Waals surface area contributed by atoms with Crippen molar-refractivity contribution in [2.45, 2.75) is 13.5 Å². The van der Waals surface area contributed by atoms with Crippen LogP contribution in [-0.2, 0) is 6.61 Å². The summed E-state index contributed by atoms with van der Waals surface area (Å²) in [5.41, 5.74) is 8.32. The molecule has 0 saturated carbocycles. The van der Waals surface area contributed by atoms with E-state index < -0.39 is 0 Å². The van der Waals surface area contributed by atoms with Gasteiger partial charge in [-0.05, 0) is 52.2 Å². The van der Waals surface area contributed by atoms with Gasteiger partial charge in [0.2, 0.25) is 0 Å². The number of aryl methyl sites for hydroxylation is 1. The molecule has 0 radical (unpaired) electrons. The molecule has 0 spiro atoms. The van der Waals surface area contributed by atoms with Crippen molar-refractivity contribution in [2.75, 3.05) is 5.73 Å². The van der Waals surface area contributed by atoms with Gasteiger partial charge in [0.05, 0.1) is 10.2 Å². The normalized spacial score (nSPS) is 10.4. The van der Waals surface area contributed by atoms with Gasteiger partial charge < -0.3 is 10.5 Å². The molecule has 2 N–H and O–H groups in total. The van der Waals surface area contributed by atoms with Crippen molar-refractivity contribution in [3.63, 3.8) is 0 Å². The first-order valence-electron chi connectivity index (χ1n) is 5.50. The molecule has 0 amide bonds. The van der Waals surface area contributed by atoms with E-state index in [-0.39, 0.29) is 5.82 Å². The first kappa shape index (κ1) is 12.9. The third-order valence-electron chi connectivity index (χ3n) is 2.61. The fraction of sp³-hybridized carbons (Fsp3) is 0.143. The maximum Gasteiger partial charge on any atom is 0.145 e. The van der Waals surface area contributed by atoms with E-state index >= 15 is 0 Å². The molecule has 0 unspecified atom stereocenters. The predicted octanol–water partition coefficient (Wildman–Crippen LogP) is 4.06. The molecule has 94 valence electrons. The number of rotatable bonds is 3. The van der Waals surface area contributed by atoms with Crippen LogP contribution >= 0.6 is 15.9 Å². The molecular formula is C14H13BrFNO. The monoisotopic (exact) mass is 309 g/mol. The molecule has 18 heavy (non-hydrogen) atoms. The summed E-state index contributed by atoms with van der Waals surface area (Å²) in [6.07, 6.45) is 0. The van der Waals surface area contributed by atoms with Crippen LogP contribution in [0.25, 0.3) is 0 Å². The van der Waals surface area contributed by atoms with E-state index in [1.54, 1.807) is 18.2 Å². The zero-order valence-corrected chi connectivity index (χ0v) is 11.5. The highest BCUT2D eigenvalue weighted by Gasteiger charge is 2.05. The van der Waals surface area contributed by atoms with Crippen molar-refractivity contribution in [1.82, 2.24) is 0 Å². The highest BCUT2D eigenvalue weighted by atomic mass is 79.9. The zero-order chi connectivity index (χ0) is 13.1. The maximum atomic E-state index is 13.1. The minimum absolute atomic E-state index is 0.283. The van der Waals surface area contributed by atoms with E-state index in [1.165, 1.54) is 6.07 Å². The molecule has 0 aliphatic heterocycles. The third-order valence-corrected chi connectivity index (χ3v) is 3.22. The summed E-state index contributed by atoms with van der Waals surface area (Å²) in [6, 6.07) is 10.4. The van der Waals surface area contributed by atoms with Gasteiger partial charge in [0, 0.05) is 0 Å². The first-order chi connectivity index (χ1) is 8.58. The molecule has 2 rings (SSSR count). The Kier molecular flexibility index (Phi) is 3.87. The minimum Gasteiger partial charge on any atom is -0.486 e. The average Bonchev–Trinajstić information content (AvgIpc) is 2.33. The van der Waals surface area contributed by atoms with Crippen molar-refractivity contribution in [1.29, 1.82) is 0 Å². The van der Waals surface area contributed by atoms with Gasteiger partial charge in [-0.25, -0.2) is 4.39 Å². The van der Waals surface area contributed by atoms with Gasteiger partial charge in [0.25, 0.3) is 0 Å². The second-order valence-electron chi connectivity index (χ2n) is 4.03. The van der Waals surface area contributed by atoms with Crippen molar-refractivity contribution in [3.05, 3.63) is 57.8 Å². The standard InChI is InChI=1S/C14H13BrFNO/c1-9-3-2-4-13(17)14(9)18-8-10-5-6-12(16)11(15)7-10/h2-7H,8,17H2,1H3. The molecule has 0 aliphatic rings. The van der Waals surface area contributed by atoms with Crippen molar-refractivity contribution >= 4 is 21.6 Å². The Morgan fingerprint density at radius 3 is 2.72 bits per heavy atom. The maximum absolute atomic E-state index is 13.1. The molecule has 0 bridgehead atoms. The average molecular weight is 310 g/mol. The Hall–Kier alpha value is -1.55. The van der Waals surface area contributed by atoms with Crippen LogP contribution in [0.5, 0.6) is 5.75 Å². The Balaban J connectivity index is 2.14. The van der Waals surface area contributed by atoms with E-state index in [1.807, 2.05) is 19.1 Å². The summed E-state index contributed by atoms with van der Waals surface area (Å²) in [5.74, 6) is 0.395. The van der Waals surface area contributed by atoms with Crippen LogP contribution in [0.4, 0.5) is 10.1 Å².